The lowest BCUT2D eigenvalue weighted by atomic mass is 9.99. The van der Waals surface area contributed by atoms with Crippen LogP contribution in [0.1, 0.15) is 126 Å². The number of anilines is 2. The summed E-state index contributed by atoms with van der Waals surface area (Å²) in [5, 5.41) is 5.77. The lowest BCUT2D eigenvalue weighted by Gasteiger charge is -2.25. The van der Waals surface area contributed by atoms with Crippen LogP contribution < -0.4 is 21.0 Å². The monoisotopic (exact) mass is 806 g/mol. The molecule has 12 nitrogen and oxygen atoms in total. The smallest absolute Gasteiger partial charge is 0.336 e. The van der Waals surface area contributed by atoms with Gasteiger partial charge >= 0.3 is 11.7 Å². The molecule has 3 aromatic carbocycles. The van der Waals surface area contributed by atoms with Crippen molar-refractivity contribution in [3.63, 3.8) is 0 Å². The number of benzene rings is 3. The Balaban J connectivity index is 1.21. The van der Waals surface area contributed by atoms with Gasteiger partial charge in [0.1, 0.15) is 17.9 Å². The number of nitrogens with zero attached hydrogens (tertiary/aromatic N) is 2. The van der Waals surface area contributed by atoms with Gasteiger partial charge in [-0.25, -0.2) is 14.5 Å². The molecule has 4 aromatic rings. The second kappa shape index (κ2) is 23.0. The third kappa shape index (κ3) is 12.9. The van der Waals surface area contributed by atoms with Gasteiger partial charge in [0, 0.05) is 35.7 Å². The van der Waals surface area contributed by atoms with Crippen molar-refractivity contribution >= 4 is 51.9 Å². The fourth-order valence-electron chi connectivity index (χ4n) is 7.53. The number of carbonyl (C=O) groups excluding carboxylic acids is 5. The number of hydrogen-bond donors (Lipinski definition) is 2. The van der Waals surface area contributed by atoms with Crippen LogP contribution in [0.4, 0.5) is 16.2 Å². The van der Waals surface area contributed by atoms with Gasteiger partial charge in [-0.1, -0.05) is 145 Å². The summed E-state index contributed by atoms with van der Waals surface area (Å²) in [6.07, 6.45) is 18.8. The lowest BCUT2D eigenvalue weighted by Crippen LogP contribution is -2.52. The number of unbranched alkanes of at least 4 members (excludes halogenated alkanes) is 14. The summed E-state index contributed by atoms with van der Waals surface area (Å²) in [6, 6.07) is 18.1. The maximum absolute atomic E-state index is 14.4. The molecule has 12 heteroatoms. The second-order valence-corrected chi connectivity index (χ2v) is 15.3. The van der Waals surface area contributed by atoms with Crippen molar-refractivity contribution in [2.45, 2.75) is 122 Å². The van der Waals surface area contributed by atoms with Gasteiger partial charge in [0.2, 0.25) is 5.91 Å². The zero-order chi connectivity index (χ0) is 42.0. The maximum Gasteiger partial charge on any atom is 0.336 e. The predicted octanol–water partition coefficient (Wildman–Crippen LogP) is 9.66. The van der Waals surface area contributed by atoms with Gasteiger partial charge < -0.3 is 24.7 Å². The highest BCUT2D eigenvalue weighted by atomic mass is 16.5. The van der Waals surface area contributed by atoms with Crippen molar-refractivity contribution in [2.75, 3.05) is 24.3 Å². The molecule has 5 amide bonds. The molecule has 2 heterocycles. The molecule has 0 aliphatic carbocycles. The number of rotatable bonds is 25. The first-order valence-corrected chi connectivity index (χ1v) is 21.2. The van der Waals surface area contributed by atoms with Crippen molar-refractivity contribution in [3.8, 4) is 5.75 Å². The highest BCUT2D eigenvalue weighted by Crippen LogP contribution is 2.30. The predicted molar refractivity (Wildman–Crippen MR) is 229 cm³/mol. The van der Waals surface area contributed by atoms with Crippen LogP contribution in [0.15, 0.2) is 88.1 Å². The number of nitrogens with one attached hydrogen (secondary N) is 2. The summed E-state index contributed by atoms with van der Waals surface area (Å²) in [7, 11) is 1.40. The molecule has 1 unspecified atom stereocenters. The van der Waals surface area contributed by atoms with Crippen molar-refractivity contribution in [1.82, 2.24) is 9.80 Å². The molecule has 1 aliphatic rings. The summed E-state index contributed by atoms with van der Waals surface area (Å²) in [6.45, 7) is 1.95. The average molecular weight is 807 g/mol. The van der Waals surface area contributed by atoms with E-state index in [0.717, 1.165) is 37.3 Å². The van der Waals surface area contributed by atoms with Crippen molar-refractivity contribution in [1.29, 1.82) is 0 Å². The maximum atomic E-state index is 14.4. The number of ketones is 1. The molecule has 2 N–H and O–H groups in total. The number of amides is 5. The van der Waals surface area contributed by atoms with Gasteiger partial charge in [-0.05, 0) is 36.2 Å². The van der Waals surface area contributed by atoms with Gasteiger partial charge in [-0.3, -0.25) is 19.2 Å². The summed E-state index contributed by atoms with van der Waals surface area (Å²) in [4.78, 5) is 83.6. The summed E-state index contributed by atoms with van der Waals surface area (Å²) >= 11 is 0. The van der Waals surface area contributed by atoms with E-state index in [4.69, 9.17) is 9.15 Å². The molecule has 314 valence electrons. The Labute approximate surface area is 346 Å². The highest BCUT2D eigenvalue weighted by Gasteiger charge is 2.47. The zero-order valence-corrected chi connectivity index (χ0v) is 34.5. The van der Waals surface area contributed by atoms with Gasteiger partial charge in [-0.2, -0.15) is 0 Å². The van der Waals surface area contributed by atoms with Crippen molar-refractivity contribution in [2.24, 2.45) is 0 Å². The fourth-order valence-corrected chi connectivity index (χ4v) is 7.53. The Hall–Kier alpha value is -5.78. The highest BCUT2D eigenvalue weighted by molar-refractivity contribution is 6.24. The molecule has 5 rings (SSSR count). The Morgan fingerprint density at radius 3 is 1.98 bits per heavy atom. The summed E-state index contributed by atoms with van der Waals surface area (Å²) in [5.41, 5.74) is 0.289. The van der Waals surface area contributed by atoms with Crippen LogP contribution in [0, 0.1) is 0 Å². The molecule has 1 aliphatic heterocycles. The molecule has 1 atom stereocenters. The minimum Gasteiger partial charge on any atom is -0.495 e. The number of para-hydroxylation sites is 1. The van der Waals surface area contributed by atoms with E-state index in [-0.39, 0.29) is 47.0 Å². The third-order valence-corrected chi connectivity index (χ3v) is 10.7. The molecule has 1 fully saturated rings. The summed E-state index contributed by atoms with van der Waals surface area (Å²) < 4.78 is 10.8. The molecular weight excluding hydrogens is 749 g/mol. The number of methoxy groups -OCH3 is 1. The second-order valence-electron chi connectivity index (χ2n) is 15.3. The normalized spacial score (nSPS) is 13.2. The Morgan fingerprint density at radius 2 is 1.34 bits per heavy atom. The van der Waals surface area contributed by atoms with Crippen LogP contribution in [-0.4, -0.2) is 59.0 Å². The van der Waals surface area contributed by atoms with Crippen LogP contribution in [0.2, 0.25) is 0 Å². The van der Waals surface area contributed by atoms with E-state index in [9.17, 15) is 28.8 Å². The molecule has 0 spiro atoms. The number of ether oxygens (including phenoxy) is 1. The van der Waals surface area contributed by atoms with E-state index >= 15 is 0 Å². The van der Waals surface area contributed by atoms with Crippen LogP contribution >= 0.6 is 0 Å². The standard InChI is InChI=1S/C47H58N4O8/c1-3-4-5-6-7-8-9-10-11-12-13-14-15-16-20-27-41(52)48-35-28-29-40(58-2)38(30-35)49-46(56)44(45(55)37-31-43(54)59-39-26-22-21-25-36(37)39)51-42(53)33-50(47(51)57)32-34-23-18-17-19-24-34/h17-19,21-26,28-31,44H,3-16,20,27,32-33H2,1-2H3,(H,48,52)(H,49,56). The minimum absolute atomic E-state index is 0.0667. The third-order valence-electron chi connectivity index (χ3n) is 10.7. The van der Waals surface area contributed by atoms with Crippen molar-refractivity contribution < 1.29 is 33.1 Å². The quantitative estimate of drug-likeness (QED) is 0.0221. The van der Waals surface area contributed by atoms with Gasteiger partial charge in [-0.15, -0.1) is 0 Å². The number of carbonyl (C=O) groups is 5. The van der Waals surface area contributed by atoms with Crippen LogP contribution in [0.25, 0.3) is 11.0 Å². The average Bonchev–Trinajstić information content (AvgIpc) is 3.50. The summed E-state index contributed by atoms with van der Waals surface area (Å²) in [5.74, 6) is -2.72. The van der Waals surface area contributed by atoms with Crippen LogP contribution in [0.3, 0.4) is 0 Å². The molecule has 0 saturated carbocycles. The molecule has 0 radical (unpaired) electrons. The molecule has 1 aromatic heterocycles. The van der Waals surface area contributed by atoms with E-state index in [0.29, 0.717) is 17.0 Å². The van der Waals surface area contributed by atoms with E-state index in [1.165, 1.54) is 94.8 Å². The molecule has 1 saturated heterocycles. The fraction of sp³-hybridized carbons (Fsp3) is 0.447. The van der Waals surface area contributed by atoms with Gasteiger partial charge in [0.15, 0.2) is 11.8 Å². The van der Waals surface area contributed by atoms with E-state index in [1.54, 1.807) is 54.6 Å². The first kappa shape index (κ1) is 44.3. The van der Waals surface area contributed by atoms with Crippen molar-refractivity contribution in [3.05, 3.63) is 100 Å². The van der Waals surface area contributed by atoms with Gasteiger partial charge in [0.05, 0.1) is 12.8 Å². The van der Waals surface area contributed by atoms with Crippen LogP contribution in [0.5, 0.6) is 5.75 Å². The first-order valence-electron chi connectivity index (χ1n) is 21.2. The first-order chi connectivity index (χ1) is 28.7. The zero-order valence-electron chi connectivity index (χ0n) is 34.5. The Kier molecular flexibility index (Phi) is 17.3. The van der Waals surface area contributed by atoms with E-state index in [2.05, 4.69) is 17.6 Å². The molecule has 59 heavy (non-hydrogen) atoms. The number of fused-ring (bicyclic) bond motifs is 1. The Morgan fingerprint density at radius 1 is 0.729 bits per heavy atom. The van der Waals surface area contributed by atoms with E-state index in [1.807, 2.05) is 6.07 Å². The topological polar surface area (TPSA) is 155 Å². The van der Waals surface area contributed by atoms with E-state index < -0.39 is 35.3 Å². The Bertz CT molecular complexity index is 2100. The lowest BCUT2D eigenvalue weighted by molar-refractivity contribution is -0.131. The number of hydrogen-bond acceptors (Lipinski definition) is 8. The van der Waals surface area contributed by atoms with Crippen LogP contribution in [-0.2, 0) is 20.9 Å². The van der Waals surface area contributed by atoms with Gasteiger partial charge in [0.25, 0.3) is 11.8 Å². The number of urea groups is 1. The largest absolute Gasteiger partial charge is 0.495 e. The minimum atomic E-state index is -2.01. The molecule has 0 bridgehead atoms. The molecular formula is C47H58N4O8. The number of Topliss-reactive ketones (excluding diaryl/α,β-unsaturated/α-hetero) is 1. The number of imide groups is 1. The SMILES string of the molecule is CCCCCCCCCCCCCCCCCC(=O)Nc1ccc(OC)c(NC(=O)C(C(=O)c2cc(=O)oc3ccccc23)N2C(=O)CN(Cc3ccccc3)C2=O)c1.